The molecule has 6 heteroatoms. The van der Waals surface area contributed by atoms with Gasteiger partial charge in [-0.3, -0.25) is 14.4 Å². The lowest BCUT2D eigenvalue weighted by Gasteiger charge is -2.18. The SMILES string of the molecule is CCCCCCCCCCCCCCCCCCCC(=O)OCC(COC(=O)CCCCCCC)OC(=O)CCCCCCCCCCCCCCCCC. The second kappa shape index (κ2) is 45.1. The van der Waals surface area contributed by atoms with Crippen LogP contribution in [0.5, 0.6) is 0 Å². The Kier molecular flexibility index (Phi) is 43.8. The predicted octanol–water partition coefficient (Wildman–Crippen LogP) is 15.6. The van der Waals surface area contributed by atoms with Gasteiger partial charge in [0.05, 0.1) is 0 Å². The third-order valence-corrected chi connectivity index (χ3v) is 11.1. The number of esters is 3. The van der Waals surface area contributed by atoms with Crippen LogP contribution in [-0.2, 0) is 28.6 Å². The lowest BCUT2D eigenvalue weighted by atomic mass is 10.0. The van der Waals surface area contributed by atoms with Gasteiger partial charge in [0, 0.05) is 19.3 Å². The third-order valence-electron chi connectivity index (χ3n) is 11.1. The van der Waals surface area contributed by atoms with E-state index in [0.29, 0.717) is 19.3 Å². The van der Waals surface area contributed by atoms with Crippen LogP contribution in [0.1, 0.15) is 278 Å². The van der Waals surface area contributed by atoms with Crippen LogP contribution >= 0.6 is 0 Å². The first kappa shape index (κ1) is 53.4. The lowest BCUT2D eigenvalue weighted by Crippen LogP contribution is -2.30. The van der Waals surface area contributed by atoms with Gasteiger partial charge >= 0.3 is 17.9 Å². The average Bonchev–Trinajstić information content (AvgIpc) is 3.18. The second-order valence-electron chi connectivity index (χ2n) is 16.7. The van der Waals surface area contributed by atoms with Gasteiger partial charge in [-0.05, 0) is 19.3 Å². The Morgan fingerprint density at radius 2 is 0.491 bits per heavy atom. The Morgan fingerprint density at radius 1 is 0.291 bits per heavy atom. The van der Waals surface area contributed by atoms with E-state index in [1.165, 1.54) is 173 Å². The summed E-state index contributed by atoms with van der Waals surface area (Å²) in [7, 11) is 0. The average molecular weight is 779 g/mol. The van der Waals surface area contributed by atoms with E-state index in [0.717, 1.165) is 64.2 Å². The number of ether oxygens (including phenoxy) is 3. The van der Waals surface area contributed by atoms with E-state index in [-0.39, 0.29) is 31.1 Å². The Morgan fingerprint density at radius 3 is 0.727 bits per heavy atom. The van der Waals surface area contributed by atoms with Crippen molar-refractivity contribution >= 4 is 17.9 Å². The lowest BCUT2D eigenvalue weighted by molar-refractivity contribution is -0.167. The molecule has 0 saturated carbocycles. The van der Waals surface area contributed by atoms with E-state index in [2.05, 4.69) is 20.8 Å². The minimum Gasteiger partial charge on any atom is -0.462 e. The molecule has 6 nitrogen and oxygen atoms in total. The van der Waals surface area contributed by atoms with E-state index in [1.54, 1.807) is 0 Å². The Labute approximate surface area is 342 Å². The fraction of sp³-hybridized carbons (Fsp3) is 0.939. The van der Waals surface area contributed by atoms with Gasteiger partial charge in [0.15, 0.2) is 6.10 Å². The van der Waals surface area contributed by atoms with Crippen LogP contribution in [0, 0.1) is 0 Å². The first-order valence-corrected chi connectivity index (χ1v) is 24.5. The zero-order valence-electron chi connectivity index (χ0n) is 37.2. The zero-order chi connectivity index (χ0) is 40.1. The summed E-state index contributed by atoms with van der Waals surface area (Å²) in [5.74, 6) is -0.860. The summed E-state index contributed by atoms with van der Waals surface area (Å²) in [5, 5.41) is 0. The molecule has 0 aromatic rings. The van der Waals surface area contributed by atoms with Crippen LogP contribution in [0.2, 0.25) is 0 Å². The zero-order valence-corrected chi connectivity index (χ0v) is 37.2. The molecule has 0 bridgehead atoms. The quantitative estimate of drug-likeness (QED) is 0.0348. The highest BCUT2D eigenvalue weighted by molar-refractivity contribution is 5.71. The summed E-state index contributed by atoms with van der Waals surface area (Å²) in [6.07, 6.45) is 46.9. The molecular formula is C49H94O6. The molecule has 0 aromatic carbocycles. The standard InChI is InChI=1S/C49H94O6/c1-4-7-10-13-15-17-19-21-23-24-26-27-29-31-33-36-39-42-48(51)54-45-46(44-53-47(50)41-38-35-12-9-6-3)55-49(52)43-40-37-34-32-30-28-25-22-20-18-16-14-11-8-5-2/h46H,4-45H2,1-3H3. The molecule has 0 fully saturated rings. The van der Waals surface area contributed by atoms with Crippen molar-refractivity contribution in [2.75, 3.05) is 13.2 Å². The first-order chi connectivity index (χ1) is 27.0. The van der Waals surface area contributed by atoms with Gasteiger partial charge in [-0.2, -0.15) is 0 Å². The summed E-state index contributed by atoms with van der Waals surface area (Å²) < 4.78 is 16.7. The maximum absolute atomic E-state index is 12.7. The van der Waals surface area contributed by atoms with Gasteiger partial charge in [-0.25, -0.2) is 0 Å². The molecule has 0 spiro atoms. The Hall–Kier alpha value is -1.59. The highest BCUT2D eigenvalue weighted by Crippen LogP contribution is 2.16. The van der Waals surface area contributed by atoms with Crippen molar-refractivity contribution in [1.29, 1.82) is 0 Å². The van der Waals surface area contributed by atoms with Gasteiger partial charge in [0.2, 0.25) is 0 Å². The first-order valence-electron chi connectivity index (χ1n) is 24.5. The van der Waals surface area contributed by atoms with Gasteiger partial charge in [0.25, 0.3) is 0 Å². The van der Waals surface area contributed by atoms with Crippen molar-refractivity contribution < 1.29 is 28.6 Å². The molecule has 0 aliphatic rings. The number of hydrogen-bond donors (Lipinski definition) is 0. The highest BCUT2D eigenvalue weighted by atomic mass is 16.6. The summed E-state index contributed by atoms with van der Waals surface area (Å²) in [6.45, 7) is 6.59. The molecule has 1 unspecified atom stereocenters. The molecule has 0 amide bonds. The smallest absolute Gasteiger partial charge is 0.306 e. The number of carbonyl (C=O) groups is 3. The van der Waals surface area contributed by atoms with Gasteiger partial charge in [-0.15, -0.1) is 0 Å². The molecule has 0 aliphatic carbocycles. The number of hydrogen-bond acceptors (Lipinski definition) is 6. The largest absolute Gasteiger partial charge is 0.462 e. The molecule has 1 atom stereocenters. The maximum atomic E-state index is 12.7. The number of rotatable bonds is 45. The molecule has 0 aliphatic heterocycles. The summed E-state index contributed by atoms with van der Waals surface area (Å²) in [4.78, 5) is 37.6. The fourth-order valence-corrected chi connectivity index (χ4v) is 7.38. The van der Waals surface area contributed by atoms with Gasteiger partial charge in [0.1, 0.15) is 13.2 Å². The maximum Gasteiger partial charge on any atom is 0.306 e. The second-order valence-corrected chi connectivity index (χ2v) is 16.7. The molecule has 0 heterocycles. The fourth-order valence-electron chi connectivity index (χ4n) is 7.38. The summed E-state index contributed by atoms with van der Waals surface area (Å²) in [5.41, 5.74) is 0. The van der Waals surface area contributed by atoms with Crippen LogP contribution in [0.3, 0.4) is 0 Å². The highest BCUT2D eigenvalue weighted by Gasteiger charge is 2.19. The Bertz CT molecular complexity index is 813. The van der Waals surface area contributed by atoms with E-state index >= 15 is 0 Å². The number of carbonyl (C=O) groups excluding carboxylic acids is 3. The molecule has 0 N–H and O–H groups in total. The van der Waals surface area contributed by atoms with E-state index in [1.807, 2.05) is 0 Å². The summed E-state index contributed by atoms with van der Waals surface area (Å²) >= 11 is 0. The normalized spacial score (nSPS) is 11.8. The van der Waals surface area contributed by atoms with E-state index in [9.17, 15) is 14.4 Å². The van der Waals surface area contributed by atoms with Crippen molar-refractivity contribution in [3.63, 3.8) is 0 Å². The molecule has 0 saturated heterocycles. The molecular weight excluding hydrogens is 685 g/mol. The van der Waals surface area contributed by atoms with Crippen LogP contribution < -0.4 is 0 Å². The third kappa shape index (κ3) is 43.4. The number of unbranched alkanes of at least 4 members (excludes halogenated alkanes) is 34. The van der Waals surface area contributed by atoms with Crippen LogP contribution in [0.15, 0.2) is 0 Å². The van der Waals surface area contributed by atoms with E-state index in [4.69, 9.17) is 14.2 Å². The predicted molar refractivity (Wildman–Crippen MR) is 233 cm³/mol. The molecule has 326 valence electrons. The Balaban J connectivity index is 4.12. The summed E-state index contributed by atoms with van der Waals surface area (Å²) in [6, 6.07) is 0. The van der Waals surface area contributed by atoms with Gasteiger partial charge < -0.3 is 14.2 Å². The van der Waals surface area contributed by atoms with Crippen LogP contribution in [-0.4, -0.2) is 37.2 Å². The van der Waals surface area contributed by atoms with Crippen molar-refractivity contribution in [1.82, 2.24) is 0 Å². The molecule has 0 aromatic heterocycles. The minimum absolute atomic E-state index is 0.0633. The molecule has 0 rings (SSSR count). The molecule has 0 radical (unpaired) electrons. The minimum atomic E-state index is -0.757. The van der Waals surface area contributed by atoms with Crippen molar-refractivity contribution in [3.05, 3.63) is 0 Å². The molecule has 55 heavy (non-hydrogen) atoms. The van der Waals surface area contributed by atoms with Crippen molar-refractivity contribution in [2.24, 2.45) is 0 Å². The van der Waals surface area contributed by atoms with Crippen LogP contribution in [0.4, 0.5) is 0 Å². The topological polar surface area (TPSA) is 78.9 Å². The van der Waals surface area contributed by atoms with E-state index < -0.39 is 6.10 Å². The van der Waals surface area contributed by atoms with Crippen molar-refractivity contribution in [3.8, 4) is 0 Å². The monoisotopic (exact) mass is 779 g/mol. The van der Waals surface area contributed by atoms with Gasteiger partial charge in [-0.1, -0.05) is 239 Å². The van der Waals surface area contributed by atoms with Crippen LogP contribution in [0.25, 0.3) is 0 Å². The van der Waals surface area contributed by atoms with Crippen molar-refractivity contribution in [2.45, 2.75) is 284 Å².